The molecule has 1 saturated heterocycles. The van der Waals surface area contributed by atoms with Crippen LogP contribution >= 0.6 is 0 Å². The fourth-order valence-electron chi connectivity index (χ4n) is 1.60. The van der Waals surface area contributed by atoms with Gasteiger partial charge in [-0.05, 0) is 6.42 Å². The van der Waals surface area contributed by atoms with Gasteiger partial charge in [-0.15, -0.1) is 0 Å². The van der Waals surface area contributed by atoms with Crippen LogP contribution < -0.4 is 0 Å². The molecule has 10 heavy (non-hydrogen) atoms. The number of hydrogen-bond acceptors (Lipinski definition) is 1. The highest BCUT2D eigenvalue weighted by molar-refractivity contribution is 5.19. The molecule has 0 amide bonds. The third-order valence-electron chi connectivity index (χ3n) is 2.11. The first-order chi connectivity index (χ1) is 4.79. The number of hydrogen-bond donors (Lipinski definition) is 0. The zero-order valence-electron chi connectivity index (χ0n) is 5.56. The second-order valence-electron chi connectivity index (χ2n) is 2.78. The van der Waals surface area contributed by atoms with Crippen molar-refractivity contribution in [3.05, 3.63) is 11.8 Å². The van der Waals surface area contributed by atoms with Gasteiger partial charge >= 0.3 is 0 Å². The Morgan fingerprint density at radius 1 is 1.50 bits per heavy atom. The van der Waals surface area contributed by atoms with Crippen LogP contribution in [0, 0.1) is 0 Å². The molecule has 0 aromatic heterocycles. The van der Waals surface area contributed by atoms with Crippen LogP contribution in [0.15, 0.2) is 11.8 Å². The summed E-state index contributed by atoms with van der Waals surface area (Å²) < 4.78 is 25.4. The minimum atomic E-state index is -1.34. The predicted molar refractivity (Wildman–Crippen MR) is 34.1 cm³/mol. The zero-order valence-corrected chi connectivity index (χ0v) is 5.56. The predicted octanol–water partition coefficient (Wildman–Crippen LogP) is 1.27. The standard InChI is InChI=1S/C7H9F2N/c8-5-4-10-3-1-2-6(10)7(5)9/h2,5,7H,1,3-4H2. The van der Waals surface area contributed by atoms with Gasteiger partial charge in [-0.1, -0.05) is 6.08 Å². The largest absolute Gasteiger partial charge is 0.369 e. The maximum atomic E-state index is 12.8. The minimum Gasteiger partial charge on any atom is -0.369 e. The average molecular weight is 145 g/mol. The Hall–Kier alpha value is -0.600. The summed E-state index contributed by atoms with van der Waals surface area (Å²) in [6.07, 6.45) is 0.0428. The van der Waals surface area contributed by atoms with Crippen molar-refractivity contribution in [2.45, 2.75) is 18.8 Å². The minimum absolute atomic E-state index is 0.257. The summed E-state index contributed by atoms with van der Waals surface area (Å²) in [6, 6.07) is 0. The van der Waals surface area contributed by atoms with Crippen LogP contribution in [0.1, 0.15) is 6.42 Å². The Labute approximate surface area is 58.3 Å². The molecular weight excluding hydrogens is 136 g/mol. The number of halogens is 2. The molecule has 0 aliphatic carbocycles. The van der Waals surface area contributed by atoms with E-state index < -0.39 is 12.3 Å². The van der Waals surface area contributed by atoms with Crippen LogP contribution in [0.2, 0.25) is 0 Å². The van der Waals surface area contributed by atoms with Crippen molar-refractivity contribution in [3.63, 3.8) is 0 Å². The van der Waals surface area contributed by atoms with Gasteiger partial charge in [0.15, 0.2) is 12.3 Å². The quantitative estimate of drug-likeness (QED) is 0.496. The number of rotatable bonds is 0. The van der Waals surface area contributed by atoms with Gasteiger partial charge in [-0.2, -0.15) is 0 Å². The summed E-state index contributed by atoms with van der Waals surface area (Å²) in [4.78, 5) is 1.79. The smallest absolute Gasteiger partial charge is 0.172 e. The summed E-state index contributed by atoms with van der Waals surface area (Å²) >= 11 is 0. The van der Waals surface area contributed by atoms with Crippen LogP contribution in [0.25, 0.3) is 0 Å². The Morgan fingerprint density at radius 2 is 2.30 bits per heavy atom. The van der Waals surface area contributed by atoms with Gasteiger partial charge in [0.05, 0.1) is 6.54 Å². The normalized spacial score (nSPS) is 38.2. The Morgan fingerprint density at radius 3 is 3.00 bits per heavy atom. The molecule has 1 fully saturated rings. The van der Waals surface area contributed by atoms with E-state index in [4.69, 9.17) is 0 Å². The van der Waals surface area contributed by atoms with E-state index >= 15 is 0 Å². The van der Waals surface area contributed by atoms with Crippen molar-refractivity contribution in [1.29, 1.82) is 0 Å². The molecule has 2 aliphatic heterocycles. The Bertz CT molecular complexity index is 178. The van der Waals surface area contributed by atoms with Crippen LogP contribution in [0.4, 0.5) is 8.78 Å². The van der Waals surface area contributed by atoms with Gasteiger partial charge < -0.3 is 4.90 Å². The molecule has 3 heteroatoms. The summed E-state index contributed by atoms with van der Waals surface area (Å²) in [5.74, 6) is 0. The lowest BCUT2D eigenvalue weighted by Gasteiger charge is -2.10. The van der Waals surface area contributed by atoms with Gasteiger partial charge in [0.2, 0.25) is 0 Å². The highest BCUT2D eigenvalue weighted by Gasteiger charge is 2.38. The second-order valence-corrected chi connectivity index (χ2v) is 2.78. The van der Waals surface area contributed by atoms with E-state index in [1.807, 2.05) is 0 Å². The molecular formula is C7H9F2N. The lowest BCUT2D eigenvalue weighted by Crippen LogP contribution is -2.17. The highest BCUT2D eigenvalue weighted by atomic mass is 19.2. The number of allylic oxidation sites excluding steroid dienone is 1. The molecule has 0 bridgehead atoms. The van der Waals surface area contributed by atoms with E-state index in [0.717, 1.165) is 13.0 Å². The van der Waals surface area contributed by atoms with Gasteiger partial charge in [-0.25, -0.2) is 8.78 Å². The molecule has 2 aliphatic rings. The number of alkyl halides is 2. The van der Waals surface area contributed by atoms with Crippen LogP contribution in [-0.4, -0.2) is 30.3 Å². The van der Waals surface area contributed by atoms with E-state index in [0.29, 0.717) is 5.70 Å². The number of nitrogens with zero attached hydrogens (tertiary/aromatic N) is 1. The maximum Gasteiger partial charge on any atom is 0.172 e. The van der Waals surface area contributed by atoms with Crippen molar-refractivity contribution in [2.75, 3.05) is 13.1 Å². The van der Waals surface area contributed by atoms with Crippen LogP contribution in [0.3, 0.4) is 0 Å². The first kappa shape index (κ1) is 6.13. The number of fused-ring (bicyclic) bond motifs is 1. The van der Waals surface area contributed by atoms with Gasteiger partial charge in [-0.3, -0.25) is 0 Å². The molecule has 1 nitrogen and oxygen atoms in total. The summed E-state index contributed by atoms with van der Waals surface area (Å²) in [5, 5.41) is 0. The molecule has 2 heterocycles. The van der Waals surface area contributed by atoms with Gasteiger partial charge in [0.25, 0.3) is 0 Å². The van der Waals surface area contributed by atoms with Gasteiger partial charge in [0, 0.05) is 12.2 Å². The summed E-state index contributed by atoms with van der Waals surface area (Å²) in [5.41, 5.74) is 0.576. The zero-order chi connectivity index (χ0) is 7.14. The van der Waals surface area contributed by atoms with E-state index in [9.17, 15) is 8.78 Å². The Kier molecular flexibility index (Phi) is 1.19. The fraction of sp³-hybridized carbons (Fsp3) is 0.714. The fourth-order valence-corrected chi connectivity index (χ4v) is 1.60. The van der Waals surface area contributed by atoms with Crippen molar-refractivity contribution in [2.24, 2.45) is 0 Å². The van der Waals surface area contributed by atoms with Gasteiger partial charge in [0.1, 0.15) is 0 Å². The molecule has 56 valence electrons. The van der Waals surface area contributed by atoms with Crippen molar-refractivity contribution in [1.82, 2.24) is 4.90 Å². The molecule has 0 saturated carbocycles. The van der Waals surface area contributed by atoms with E-state index in [1.165, 1.54) is 0 Å². The maximum absolute atomic E-state index is 12.8. The summed E-state index contributed by atoms with van der Waals surface area (Å²) in [7, 11) is 0. The SMILES string of the molecule is FC1CN2CCC=C2C1F. The van der Waals surface area contributed by atoms with Crippen LogP contribution in [0.5, 0.6) is 0 Å². The third kappa shape index (κ3) is 0.662. The molecule has 0 N–H and O–H groups in total. The Balaban J connectivity index is 2.22. The monoisotopic (exact) mass is 145 g/mol. The second kappa shape index (κ2) is 1.94. The lowest BCUT2D eigenvalue weighted by atomic mass is 10.2. The average Bonchev–Trinajstić information content (AvgIpc) is 2.41. The topological polar surface area (TPSA) is 3.24 Å². The van der Waals surface area contributed by atoms with Crippen LogP contribution in [-0.2, 0) is 0 Å². The van der Waals surface area contributed by atoms with E-state index in [2.05, 4.69) is 0 Å². The third-order valence-corrected chi connectivity index (χ3v) is 2.11. The molecule has 0 spiro atoms. The van der Waals surface area contributed by atoms with E-state index in [-0.39, 0.29) is 6.54 Å². The molecule has 0 aromatic rings. The molecule has 0 radical (unpaired) electrons. The first-order valence-corrected chi connectivity index (χ1v) is 3.52. The molecule has 0 aromatic carbocycles. The van der Waals surface area contributed by atoms with Crippen molar-refractivity contribution >= 4 is 0 Å². The molecule has 2 rings (SSSR count). The lowest BCUT2D eigenvalue weighted by molar-refractivity contribution is 0.224. The van der Waals surface area contributed by atoms with E-state index in [1.54, 1.807) is 11.0 Å². The van der Waals surface area contributed by atoms with Crippen molar-refractivity contribution in [3.8, 4) is 0 Å². The molecule has 2 unspecified atom stereocenters. The molecule has 2 atom stereocenters. The highest BCUT2D eigenvalue weighted by Crippen LogP contribution is 2.31. The first-order valence-electron chi connectivity index (χ1n) is 3.52. The van der Waals surface area contributed by atoms with Crippen molar-refractivity contribution < 1.29 is 8.78 Å². The summed E-state index contributed by atoms with van der Waals surface area (Å²) in [6.45, 7) is 1.06.